The van der Waals surface area contributed by atoms with Gasteiger partial charge in [-0.1, -0.05) is 54.1 Å². The quantitative estimate of drug-likeness (QED) is 0.473. The summed E-state index contributed by atoms with van der Waals surface area (Å²) in [5, 5.41) is 1.57. The predicted octanol–water partition coefficient (Wildman–Crippen LogP) is 5.74. The first kappa shape index (κ1) is 18.1. The summed E-state index contributed by atoms with van der Waals surface area (Å²) in [6, 6.07) is 27.3. The molecule has 0 aliphatic rings. The molecular formula is C23H19NO3S. The van der Waals surface area contributed by atoms with Crippen molar-refractivity contribution < 1.29 is 13.2 Å². The highest BCUT2D eigenvalue weighted by Crippen LogP contribution is 2.27. The average Bonchev–Trinajstić information content (AvgIpc) is 2.70. The fourth-order valence-corrected chi connectivity index (χ4v) is 4.26. The van der Waals surface area contributed by atoms with Crippen LogP contribution in [0.25, 0.3) is 10.8 Å². The van der Waals surface area contributed by atoms with Gasteiger partial charge in [0.2, 0.25) is 0 Å². The number of hydrogen-bond acceptors (Lipinski definition) is 3. The van der Waals surface area contributed by atoms with Crippen LogP contribution >= 0.6 is 0 Å². The fourth-order valence-electron chi connectivity index (χ4n) is 2.97. The largest absolute Gasteiger partial charge is 0.457 e. The number of benzene rings is 4. The van der Waals surface area contributed by atoms with Crippen molar-refractivity contribution in [1.82, 2.24) is 0 Å². The molecule has 0 unspecified atom stereocenters. The van der Waals surface area contributed by atoms with Crippen molar-refractivity contribution in [2.75, 3.05) is 4.72 Å². The first-order valence-electron chi connectivity index (χ1n) is 8.86. The molecule has 0 bridgehead atoms. The minimum absolute atomic E-state index is 0.255. The van der Waals surface area contributed by atoms with Gasteiger partial charge >= 0.3 is 0 Å². The fraction of sp³-hybridized carbons (Fsp3) is 0.0435. The number of rotatable bonds is 5. The summed E-state index contributed by atoms with van der Waals surface area (Å²) in [5.74, 6) is 1.37. The van der Waals surface area contributed by atoms with Crippen LogP contribution in [0.4, 0.5) is 5.69 Å². The van der Waals surface area contributed by atoms with Gasteiger partial charge in [0.25, 0.3) is 10.0 Å². The van der Waals surface area contributed by atoms with Crippen LogP contribution in [0.15, 0.2) is 95.9 Å². The molecule has 140 valence electrons. The number of hydrogen-bond donors (Lipinski definition) is 1. The van der Waals surface area contributed by atoms with E-state index >= 15 is 0 Å². The van der Waals surface area contributed by atoms with Gasteiger partial charge in [-0.25, -0.2) is 8.42 Å². The van der Waals surface area contributed by atoms with Gasteiger partial charge in [0.05, 0.1) is 4.90 Å². The normalized spacial score (nSPS) is 11.3. The van der Waals surface area contributed by atoms with Gasteiger partial charge in [-0.15, -0.1) is 0 Å². The Hall–Kier alpha value is -3.31. The van der Waals surface area contributed by atoms with Gasteiger partial charge < -0.3 is 4.74 Å². The van der Waals surface area contributed by atoms with Crippen molar-refractivity contribution >= 4 is 26.5 Å². The number of ether oxygens (including phenoxy) is 1. The standard InChI is InChI=1S/C23H19NO3S/c1-17-9-13-20(14-10-17)27-21-15-11-19(12-16-21)24-28(25,26)23-8-4-6-18-5-2-3-7-22(18)23/h2-16,24H,1H3. The summed E-state index contributed by atoms with van der Waals surface area (Å²) < 4.78 is 34.2. The molecule has 4 aromatic rings. The minimum Gasteiger partial charge on any atom is -0.457 e. The molecule has 0 saturated carbocycles. The van der Waals surface area contributed by atoms with Crippen LogP contribution in [-0.4, -0.2) is 8.42 Å². The van der Waals surface area contributed by atoms with E-state index in [1.807, 2.05) is 61.5 Å². The Morgan fingerprint density at radius 2 is 1.32 bits per heavy atom. The van der Waals surface area contributed by atoms with Crippen LogP contribution < -0.4 is 9.46 Å². The summed E-state index contributed by atoms with van der Waals surface area (Å²) in [6.45, 7) is 2.01. The first-order chi connectivity index (χ1) is 13.5. The summed E-state index contributed by atoms with van der Waals surface area (Å²) in [4.78, 5) is 0.255. The average molecular weight is 389 g/mol. The van der Waals surface area contributed by atoms with Gasteiger partial charge in [-0.3, -0.25) is 4.72 Å². The zero-order valence-electron chi connectivity index (χ0n) is 15.3. The Bertz CT molecular complexity index is 1210. The maximum absolute atomic E-state index is 12.9. The molecule has 1 N–H and O–H groups in total. The van der Waals surface area contributed by atoms with Gasteiger partial charge in [0.1, 0.15) is 11.5 Å². The molecule has 0 spiro atoms. The number of sulfonamides is 1. The van der Waals surface area contributed by atoms with Crippen molar-refractivity contribution in [3.8, 4) is 11.5 Å². The smallest absolute Gasteiger partial charge is 0.262 e. The molecule has 4 rings (SSSR count). The van der Waals surface area contributed by atoms with Crippen LogP contribution in [-0.2, 0) is 10.0 Å². The summed E-state index contributed by atoms with van der Waals surface area (Å²) in [5.41, 5.74) is 1.63. The molecule has 0 fully saturated rings. The van der Waals surface area contributed by atoms with Crippen LogP contribution in [0.2, 0.25) is 0 Å². The first-order valence-corrected chi connectivity index (χ1v) is 10.3. The van der Waals surface area contributed by atoms with Crippen LogP contribution in [0.3, 0.4) is 0 Å². The molecule has 5 heteroatoms. The third-order valence-electron chi connectivity index (χ3n) is 4.40. The van der Waals surface area contributed by atoms with Crippen molar-refractivity contribution in [2.45, 2.75) is 11.8 Å². The van der Waals surface area contributed by atoms with Crippen LogP contribution in [0.1, 0.15) is 5.56 Å². The summed E-state index contributed by atoms with van der Waals surface area (Å²) in [7, 11) is -3.71. The Labute approximate surface area is 164 Å². The zero-order chi connectivity index (χ0) is 19.6. The molecule has 4 nitrogen and oxygen atoms in total. The minimum atomic E-state index is -3.71. The van der Waals surface area contributed by atoms with E-state index in [1.165, 1.54) is 0 Å². The zero-order valence-corrected chi connectivity index (χ0v) is 16.1. The van der Waals surface area contributed by atoms with Gasteiger partial charge in [-0.05, 0) is 54.8 Å². The second-order valence-electron chi connectivity index (χ2n) is 6.52. The second-order valence-corrected chi connectivity index (χ2v) is 8.17. The molecule has 0 aliphatic heterocycles. The SMILES string of the molecule is Cc1ccc(Oc2ccc(NS(=O)(=O)c3cccc4ccccc34)cc2)cc1. The number of anilines is 1. The van der Waals surface area contributed by atoms with E-state index in [-0.39, 0.29) is 4.90 Å². The van der Waals surface area contributed by atoms with E-state index in [0.717, 1.165) is 16.7 Å². The molecule has 0 radical (unpaired) electrons. The van der Waals surface area contributed by atoms with Crippen LogP contribution in [0.5, 0.6) is 11.5 Å². The van der Waals surface area contributed by atoms with Crippen molar-refractivity contribution in [3.63, 3.8) is 0 Å². The van der Waals surface area contributed by atoms with Crippen molar-refractivity contribution in [2.24, 2.45) is 0 Å². The molecule has 28 heavy (non-hydrogen) atoms. The lowest BCUT2D eigenvalue weighted by Crippen LogP contribution is -2.13. The third-order valence-corrected chi connectivity index (χ3v) is 5.84. The topological polar surface area (TPSA) is 55.4 Å². The second kappa shape index (κ2) is 7.37. The predicted molar refractivity (Wildman–Crippen MR) is 112 cm³/mol. The Morgan fingerprint density at radius 1 is 0.714 bits per heavy atom. The van der Waals surface area contributed by atoms with Gasteiger partial charge in [0, 0.05) is 11.1 Å². The number of aryl methyl sites for hydroxylation is 1. The number of nitrogens with one attached hydrogen (secondary N) is 1. The summed E-state index contributed by atoms with van der Waals surface area (Å²) in [6.07, 6.45) is 0. The van der Waals surface area contributed by atoms with Gasteiger partial charge in [0.15, 0.2) is 0 Å². The number of fused-ring (bicyclic) bond motifs is 1. The van der Waals surface area contributed by atoms with E-state index in [4.69, 9.17) is 4.74 Å². The maximum Gasteiger partial charge on any atom is 0.262 e. The molecule has 0 amide bonds. The molecule has 0 heterocycles. The Kier molecular flexibility index (Phi) is 4.75. The Morgan fingerprint density at radius 3 is 2.04 bits per heavy atom. The highest BCUT2D eigenvalue weighted by Gasteiger charge is 2.17. The third kappa shape index (κ3) is 3.85. The van der Waals surface area contributed by atoms with Crippen LogP contribution in [0, 0.1) is 6.92 Å². The maximum atomic E-state index is 12.9. The molecule has 4 aromatic carbocycles. The van der Waals surface area contributed by atoms with E-state index in [2.05, 4.69) is 4.72 Å². The van der Waals surface area contributed by atoms with E-state index in [1.54, 1.807) is 36.4 Å². The lowest BCUT2D eigenvalue weighted by molar-refractivity contribution is 0.482. The van der Waals surface area contributed by atoms with E-state index < -0.39 is 10.0 Å². The van der Waals surface area contributed by atoms with Crippen molar-refractivity contribution in [3.05, 3.63) is 96.6 Å². The molecule has 0 aromatic heterocycles. The monoisotopic (exact) mass is 389 g/mol. The molecular weight excluding hydrogens is 370 g/mol. The van der Waals surface area contributed by atoms with Gasteiger partial charge in [-0.2, -0.15) is 0 Å². The lowest BCUT2D eigenvalue weighted by Gasteiger charge is -2.11. The Balaban J connectivity index is 1.55. The molecule has 0 aliphatic carbocycles. The van der Waals surface area contributed by atoms with E-state index in [0.29, 0.717) is 16.8 Å². The highest BCUT2D eigenvalue weighted by atomic mass is 32.2. The van der Waals surface area contributed by atoms with Crippen molar-refractivity contribution in [1.29, 1.82) is 0 Å². The highest BCUT2D eigenvalue weighted by molar-refractivity contribution is 7.93. The van der Waals surface area contributed by atoms with E-state index in [9.17, 15) is 8.42 Å². The lowest BCUT2D eigenvalue weighted by atomic mass is 10.1. The molecule has 0 atom stereocenters. The summed E-state index contributed by atoms with van der Waals surface area (Å²) >= 11 is 0. The molecule has 0 saturated heterocycles.